The molecule has 2 aliphatic rings. The summed E-state index contributed by atoms with van der Waals surface area (Å²) in [5.41, 5.74) is 2.74. The lowest BCUT2D eigenvalue weighted by Crippen LogP contribution is -2.41. The van der Waals surface area contributed by atoms with Gasteiger partial charge in [-0.1, -0.05) is 0 Å². The zero-order chi connectivity index (χ0) is 12.6. The van der Waals surface area contributed by atoms with Gasteiger partial charge in [-0.2, -0.15) is 13.5 Å². The topological polar surface area (TPSA) is 91.3 Å². The summed E-state index contributed by atoms with van der Waals surface area (Å²) in [5, 5.41) is 3.95. The highest BCUT2D eigenvalue weighted by atomic mass is 32.2. The van der Waals surface area contributed by atoms with Crippen LogP contribution in [0.2, 0.25) is 0 Å². The average molecular weight is 262 g/mol. The summed E-state index contributed by atoms with van der Waals surface area (Å²) in [5.74, 6) is 0.507. The predicted octanol–water partition coefficient (Wildman–Crippen LogP) is -1.04. The number of nitrogens with one attached hydrogen (secondary N) is 1. The molecule has 2 aliphatic heterocycles. The summed E-state index contributed by atoms with van der Waals surface area (Å²) in [6.45, 7) is 0.833. The highest BCUT2D eigenvalue weighted by molar-refractivity contribution is 7.86. The van der Waals surface area contributed by atoms with Crippen LogP contribution < -0.4 is 5.43 Å². The van der Waals surface area contributed by atoms with E-state index in [1.807, 2.05) is 0 Å². The molecule has 1 atom stereocenters. The third-order valence-corrected chi connectivity index (χ3v) is 3.05. The predicted molar refractivity (Wildman–Crippen MR) is 59.6 cm³/mol. The Morgan fingerprint density at radius 3 is 2.76 bits per heavy atom. The molecule has 0 radical (unpaired) electrons. The summed E-state index contributed by atoms with van der Waals surface area (Å²) < 4.78 is 27.1. The van der Waals surface area contributed by atoms with Gasteiger partial charge in [-0.15, -0.1) is 0 Å². The molecule has 2 amide bonds. The van der Waals surface area contributed by atoms with E-state index in [1.165, 1.54) is 9.80 Å². The van der Waals surface area contributed by atoms with Crippen LogP contribution in [0.25, 0.3) is 0 Å². The Labute approximate surface area is 99.3 Å². The van der Waals surface area contributed by atoms with Crippen molar-refractivity contribution in [2.75, 3.05) is 26.4 Å². The molecular formula is C8H14N4O4S. The number of nitrogens with zero attached hydrogens (tertiary/aromatic N) is 3. The summed E-state index contributed by atoms with van der Waals surface area (Å²) in [4.78, 5) is 14.5. The van der Waals surface area contributed by atoms with Gasteiger partial charge in [0.25, 0.3) is 10.1 Å². The molecule has 2 heterocycles. The van der Waals surface area contributed by atoms with Gasteiger partial charge < -0.3 is 10.3 Å². The number of carbonyl (C=O) groups excluding carboxylic acids is 1. The number of hydrogen-bond donors (Lipinski definition) is 1. The molecule has 0 aliphatic carbocycles. The lowest BCUT2D eigenvalue weighted by molar-refractivity contribution is 0.136. The highest BCUT2D eigenvalue weighted by Crippen LogP contribution is 2.19. The van der Waals surface area contributed by atoms with Gasteiger partial charge >= 0.3 is 6.03 Å². The number of likely N-dealkylation sites (N-methyl/N-ethyl adjacent to an activating group) is 1. The first-order valence-electron chi connectivity index (χ1n) is 5.10. The third-order valence-electron chi connectivity index (χ3n) is 2.48. The van der Waals surface area contributed by atoms with Crippen LogP contribution in [0.15, 0.2) is 5.10 Å². The Balaban J connectivity index is 2.22. The monoisotopic (exact) mass is 262 g/mol. The largest absolute Gasteiger partial charge is 0.327 e. The van der Waals surface area contributed by atoms with Crippen molar-refractivity contribution >= 4 is 22.0 Å². The van der Waals surface area contributed by atoms with E-state index in [0.717, 1.165) is 6.26 Å². The Morgan fingerprint density at radius 2 is 2.24 bits per heavy atom. The molecule has 1 N–H and O–H groups in total. The number of carbonyl (C=O) groups is 1. The van der Waals surface area contributed by atoms with Gasteiger partial charge in [0.1, 0.15) is 5.84 Å². The fourth-order valence-electron chi connectivity index (χ4n) is 1.80. The Morgan fingerprint density at radius 1 is 1.53 bits per heavy atom. The lowest BCUT2D eigenvalue weighted by atomic mass is 10.3. The van der Waals surface area contributed by atoms with Gasteiger partial charge in [-0.3, -0.25) is 0 Å². The van der Waals surface area contributed by atoms with E-state index in [9.17, 15) is 13.2 Å². The molecule has 0 saturated carbocycles. The number of urea groups is 1. The van der Waals surface area contributed by atoms with Crippen LogP contribution in [0.5, 0.6) is 0 Å². The number of rotatable bonds is 2. The van der Waals surface area contributed by atoms with E-state index < -0.39 is 16.3 Å². The van der Waals surface area contributed by atoms with E-state index in [4.69, 9.17) is 4.18 Å². The van der Waals surface area contributed by atoms with E-state index in [2.05, 4.69) is 10.5 Å². The van der Waals surface area contributed by atoms with Crippen molar-refractivity contribution < 1.29 is 17.4 Å². The molecule has 9 heteroatoms. The Hall–Kier alpha value is -1.35. The second-order valence-corrected chi connectivity index (χ2v) is 5.57. The number of amidine groups is 1. The van der Waals surface area contributed by atoms with E-state index >= 15 is 0 Å². The molecule has 96 valence electrons. The van der Waals surface area contributed by atoms with Crippen molar-refractivity contribution in [3.8, 4) is 0 Å². The van der Waals surface area contributed by atoms with Crippen LogP contribution in [-0.2, 0) is 14.3 Å². The first-order valence-corrected chi connectivity index (χ1v) is 6.92. The van der Waals surface area contributed by atoms with Crippen molar-refractivity contribution in [3.63, 3.8) is 0 Å². The second-order valence-electron chi connectivity index (χ2n) is 3.97. The molecule has 1 saturated heterocycles. The molecule has 1 fully saturated rings. The molecule has 2 rings (SSSR count). The first-order chi connectivity index (χ1) is 7.88. The van der Waals surface area contributed by atoms with Crippen LogP contribution in [0.1, 0.15) is 6.42 Å². The molecule has 0 aromatic carbocycles. The smallest absolute Gasteiger partial charge is 0.323 e. The Bertz CT molecular complexity index is 460. The Kier molecular flexibility index (Phi) is 2.96. The molecule has 17 heavy (non-hydrogen) atoms. The minimum absolute atomic E-state index is 0.199. The lowest BCUT2D eigenvalue weighted by Gasteiger charge is -2.20. The minimum Gasteiger partial charge on any atom is -0.323 e. The normalized spacial score (nSPS) is 25.2. The minimum atomic E-state index is -3.61. The third kappa shape index (κ3) is 2.50. The van der Waals surface area contributed by atoms with Crippen LogP contribution in [0.3, 0.4) is 0 Å². The molecule has 8 nitrogen and oxygen atoms in total. The number of hydrogen-bond acceptors (Lipinski definition) is 6. The fourth-order valence-corrected chi connectivity index (χ4v) is 2.35. The van der Waals surface area contributed by atoms with E-state index in [1.54, 1.807) is 7.05 Å². The van der Waals surface area contributed by atoms with Gasteiger partial charge in [0.2, 0.25) is 0 Å². The van der Waals surface area contributed by atoms with E-state index in [-0.39, 0.29) is 12.6 Å². The maximum absolute atomic E-state index is 11.9. The molecule has 0 aromatic heterocycles. The highest BCUT2D eigenvalue weighted by Gasteiger charge is 2.41. The fraction of sp³-hybridized carbons (Fsp3) is 0.750. The summed E-state index contributed by atoms with van der Waals surface area (Å²) in [6.07, 6.45) is 0.701. The molecule has 1 unspecified atom stereocenters. The molecular weight excluding hydrogens is 248 g/mol. The van der Waals surface area contributed by atoms with Crippen LogP contribution >= 0.6 is 0 Å². The average Bonchev–Trinajstić information content (AvgIpc) is 2.75. The quantitative estimate of drug-likeness (QED) is 0.642. The maximum atomic E-state index is 11.9. The van der Waals surface area contributed by atoms with Crippen LogP contribution in [0, 0.1) is 0 Å². The summed E-state index contributed by atoms with van der Waals surface area (Å²) in [6, 6.07) is -0.305. The number of amides is 2. The zero-order valence-electron chi connectivity index (χ0n) is 9.58. The van der Waals surface area contributed by atoms with Crippen molar-refractivity contribution in [3.05, 3.63) is 0 Å². The van der Waals surface area contributed by atoms with Crippen molar-refractivity contribution in [1.82, 2.24) is 15.2 Å². The molecule has 0 aromatic rings. The molecule has 0 spiro atoms. The number of hydrazone groups is 1. The maximum Gasteiger partial charge on any atom is 0.327 e. The SMILES string of the molecule is CN1CC(OS(C)(=O)=O)N(C2=NNCC2)C1=O. The van der Waals surface area contributed by atoms with E-state index in [0.29, 0.717) is 18.8 Å². The summed E-state index contributed by atoms with van der Waals surface area (Å²) >= 11 is 0. The first kappa shape index (κ1) is 12.1. The van der Waals surface area contributed by atoms with Crippen molar-refractivity contribution in [2.24, 2.45) is 5.10 Å². The summed E-state index contributed by atoms with van der Waals surface area (Å²) in [7, 11) is -2.03. The standard InChI is InChI=1S/C8H14N4O4S/c1-11-5-7(16-17(2,14)15)12(8(11)13)6-3-4-9-10-6/h7,9H,3-5H2,1-2H3. The molecule has 0 bridgehead atoms. The van der Waals surface area contributed by atoms with Crippen LogP contribution in [-0.4, -0.2) is 62.7 Å². The van der Waals surface area contributed by atoms with Gasteiger partial charge in [0, 0.05) is 20.0 Å². The van der Waals surface area contributed by atoms with Gasteiger partial charge in [0.05, 0.1) is 12.8 Å². The van der Waals surface area contributed by atoms with Gasteiger partial charge in [0.15, 0.2) is 6.23 Å². The second kappa shape index (κ2) is 4.15. The van der Waals surface area contributed by atoms with Crippen LogP contribution in [0.4, 0.5) is 4.79 Å². The zero-order valence-corrected chi connectivity index (χ0v) is 10.4. The van der Waals surface area contributed by atoms with Crippen molar-refractivity contribution in [1.29, 1.82) is 0 Å². The van der Waals surface area contributed by atoms with Gasteiger partial charge in [-0.05, 0) is 0 Å². The van der Waals surface area contributed by atoms with Crippen molar-refractivity contribution in [2.45, 2.75) is 12.6 Å². The van der Waals surface area contributed by atoms with Gasteiger partial charge in [-0.25, -0.2) is 13.9 Å².